The fourth-order valence-electron chi connectivity index (χ4n) is 5.10. The Morgan fingerprint density at radius 2 is 2.03 bits per heavy atom. The van der Waals surface area contributed by atoms with Crippen molar-refractivity contribution in [2.24, 2.45) is 18.7 Å². The number of pyridine rings is 1. The Morgan fingerprint density at radius 3 is 2.71 bits per heavy atom. The van der Waals surface area contributed by atoms with E-state index in [0.29, 0.717) is 42.2 Å². The number of benzene rings is 1. The Hall–Kier alpha value is -4.15. The number of nitrogens with zero attached hydrogens (tertiary/aromatic N) is 4. The van der Waals surface area contributed by atoms with E-state index in [2.05, 4.69) is 25.6 Å². The summed E-state index contributed by atoms with van der Waals surface area (Å²) in [7, 11) is 1.80. The number of anilines is 2. The molecule has 4 rings (SSSR count). The first-order chi connectivity index (χ1) is 18.1. The molecule has 2 unspecified atom stereocenters. The number of primary amides is 1. The molecule has 0 saturated carbocycles. The molecule has 0 spiro atoms. The number of carbonyl (C=O) groups is 3. The van der Waals surface area contributed by atoms with Crippen LogP contribution in [0.2, 0.25) is 0 Å². The van der Waals surface area contributed by atoms with Crippen molar-refractivity contribution in [3.63, 3.8) is 0 Å². The van der Waals surface area contributed by atoms with Gasteiger partial charge in [0.25, 0.3) is 5.91 Å². The zero-order valence-electron chi connectivity index (χ0n) is 22.4. The molecule has 38 heavy (non-hydrogen) atoms. The molecular weight excluding hydrogens is 486 g/mol. The fraction of sp³-hybridized carbons (Fsp3) is 0.444. The maximum absolute atomic E-state index is 13.5. The molecule has 1 aromatic carbocycles. The molecule has 4 amide bonds. The molecule has 1 aliphatic rings. The monoisotopic (exact) mass is 521 g/mol. The summed E-state index contributed by atoms with van der Waals surface area (Å²) in [5, 5.41) is 10.4. The Morgan fingerprint density at radius 1 is 1.26 bits per heavy atom. The van der Waals surface area contributed by atoms with Crippen LogP contribution in [0.25, 0.3) is 11.0 Å². The minimum absolute atomic E-state index is 0.0163. The van der Waals surface area contributed by atoms with Crippen molar-refractivity contribution in [3.8, 4) is 5.75 Å². The normalized spacial score (nSPS) is 17.5. The first-order valence-electron chi connectivity index (χ1n) is 12.9. The number of carbonyl (C=O) groups excluding carboxylic acids is 3. The molecule has 202 valence electrons. The summed E-state index contributed by atoms with van der Waals surface area (Å²) in [5.74, 6) is -0.505. The van der Waals surface area contributed by atoms with Crippen molar-refractivity contribution in [2.45, 2.75) is 59.1 Å². The number of nitrogens with two attached hydrogens (primary N) is 1. The molecule has 3 heterocycles. The number of nitrogens with one attached hydrogen (secondary N) is 2. The Bertz CT molecular complexity index is 1370. The van der Waals surface area contributed by atoms with Crippen LogP contribution in [0.1, 0.15) is 56.1 Å². The number of rotatable bonds is 7. The lowest BCUT2D eigenvalue weighted by Gasteiger charge is -2.40. The molecule has 1 saturated heterocycles. The van der Waals surface area contributed by atoms with Crippen LogP contribution in [-0.4, -0.2) is 51.3 Å². The summed E-state index contributed by atoms with van der Waals surface area (Å²) in [4.78, 5) is 44.8. The van der Waals surface area contributed by atoms with Gasteiger partial charge in [-0.15, -0.1) is 0 Å². The molecule has 2 atom stereocenters. The van der Waals surface area contributed by atoms with Crippen LogP contribution in [0.5, 0.6) is 5.75 Å². The highest BCUT2D eigenvalue weighted by Crippen LogP contribution is 2.37. The van der Waals surface area contributed by atoms with Gasteiger partial charge in [0, 0.05) is 43.5 Å². The third kappa shape index (κ3) is 5.56. The highest BCUT2D eigenvalue weighted by atomic mass is 16.5. The third-order valence-corrected chi connectivity index (χ3v) is 6.81. The van der Waals surface area contributed by atoms with Crippen molar-refractivity contribution in [2.75, 3.05) is 16.8 Å². The molecule has 0 radical (unpaired) electrons. The van der Waals surface area contributed by atoms with E-state index in [4.69, 9.17) is 10.5 Å². The van der Waals surface area contributed by atoms with Crippen molar-refractivity contribution in [3.05, 3.63) is 41.7 Å². The average Bonchev–Trinajstić information content (AvgIpc) is 3.15. The lowest BCUT2D eigenvalue weighted by molar-refractivity contribution is -0.122. The van der Waals surface area contributed by atoms with E-state index in [1.54, 1.807) is 36.0 Å². The van der Waals surface area contributed by atoms with E-state index in [1.807, 2.05) is 27.7 Å². The first kappa shape index (κ1) is 26.9. The molecule has 11 nitrogen and oxygen atoms in total. The number of hydrogen-bond donors (Lipinski definition) is 3. The van der Waals surface area contributed by atoms with Crippen molar-refractivity contribution < 1.29 is 19.1 Å². The quantitative estimate of drug-likeness (QED) is 0.431. The SMILES string of the molecule is CCC1CC(C(N)=O)CCN1c1c(C(=O)NC(=O)Nc2cccc(OC(C)C)c2)cnc2c1c(C)nn2C. The first-order valence-corrected chi connectivity index (χ1v) is 12.9. The molecular formula is C27H35N7O4. The molecule has 0 bridgehead atoms. The summed E-state index contributed by atoms with van der Waals surface area (Å²) in [6, 6.07) is 6.27. The van der Waals surface area contributed by atoms with Crippen LogP contribution in [0.4, 0.5) is 16.2 Å². The van der Waals surface area contributed by atoms with Gasteiger partial charge in [-0.2, -0.15) is 5.10 Å². The molecule has 1 fully saturated rings. The van der Waals surface area contributed by atoms with E-state index >= 15 is 0 Å². The summed E-state index contributed by atoms with van der Waals surface area (Å²) in [5.41, 5.74) is 8.38. The standard InChI is InChI=1S/C27H35N7O4/c1-6-19-12-17(24(28)35)10-11-34(19)23-21(14-29-25-22(23)16(4)32-33(25)5)26(36)31-27(37)30-18-8-7-9-20(13-18)38-15(2)3/h7-9,13-15,17,19H,6,10-12H2,1-5H3,(H2,28,35)(H2,30,31,36,37). The van der Waals surface area contributed by atoms with Crippen LogP contribution in [0, 0.1) is 12.8 Å². The van der Waals surface area contributed by atoms with Gasteiger partial charge in [-0.1, -0.05) is 13.0 Å². The second kappa shape index (κ2) is 11.1. The smallest absolute Gasteiger partial charge is 0.326 e. The van der Waals surface area contributed by atoms with Gasteiger partial charge in [-0.3, -0.25) is 19.6 Å². The number of ether oxygens (including phenoxy) is 1. The van der Waals surface area contributed by atoms with E-state index in [-0.39, 0.29) is 29.5 Å². The van der Waals surface area contributed by atoms with Gasteiger partial charge >= 0.3 is 6.03 Å². The third-order valence-electron chi connectivity index (χ3n) is 6.81. The molecule has 11 heteroatoms. The number of amides is 4. The fourth-order valence-corrected chi connectivity index (χ4v) is 5.10. The highest BCUT2D eigenvalue weighted by molar-refractivity contribution is 6.14. The van der Waals surface area contributed by atoms with Gasteiger partial charge in [0.15, 0.2) is 5.65 Å². The largest absolute Gasteiger partial charge is 0.491 e. The van der Waals surface area contributed by atoms with Gasteiger partial charge < -0.3 is 20.7 Å². The molecule has 4 N–H and O–H groups in total. The van der Waals surface area contributed by atoms with Gasteiger partial charge in [-0.25, -0.2) is 9.78 Å². The topological polar surface area (TPSA) is 144 Å². The second-order valence-corrected chi connectivity index (χ2v) is 9.91. The molecule has 0 aliphatic carbocycles. The maximum atomic E-state index is 13.5. The summed E-state index contributed by atoms with van der Waals surface area (Å²) in [6.07, 6.45) is 3.38. The Kier molecular flexibility index (Phi) is 7.84. The zero-order valence-corrected chi connectivity index (χ0v) is 22.4. The summed E-state index contributed by atoms with van der Waals surface area (Å²) < 4.78 is 7.35. The molecule has 1 aliphatic heterocycles. The number of urea groups is 1. The Labute approximate surface area is 221 Å². The second-order valence-electron chi connectivity index (χ2n) is 9.91. The summed E-state index contributed by atoms with van der Waals surface area (Å²) in [6.45, 7) is 8.27. The number of fused-ring (bicyclic) bond motifs is 1. The van der Waals surface area contributed by atoms with Crippen LogP contribution in [-0.2, 0) is 11.8 Å². The lowest BCUT2D eigenvalue weighted by Crippen LogP contribution is -2.46. The van der Waals surface area contributed by atoms with Crippen LogP contribution in [0.15, 0.2) is 30.5 Å². The van der Waals surface area contributed by atoms with Crippen molar-refractivity contribution in [1.82, 2.24) is 20.1 Å². The molecule has 2 aromatic heterocycles. The number of hydrogen-bond acceptors (Lipinski definition) is 7. The predicted molar refractivity (Wildman–Crippen MR) is 145 cm³/mol. The number of aromatic nitrogens is 3. The van der Waals surface area contributed by atoms with Crippen LogP contribution >= 0.6 is 0 Å². The number of imide groups is 1. The van der Waals surface area contributed by atoms with E-state index in [0.717, 1.165) is 17.5 Å². The van der Waals surface area contributed by atoms with E-state index < -0.39 is 11.9 Å². The molecule has 3 aromatic rings. The average molecular weight is 522 g/mol. The van der Waals surface area contributed by atoms with E-state index in [9.17, 15) is 14.4 Å². The zero-order chi connectivity index (χ0) is 27.6. The van der Waals surface area contributed by atoms with Gasteiger partial charge in [0.1, 0.15) is 5.75 Å². The van der Waals surface area contributed by atoms with Crippen molar-refractivity contribution in [1.29, 1.82) is 0 Å². The van der Waals surface area contributed by atoms with Gasteiger partial charge in [-0.05, 0) is 52.2 Å². The maximum Gasteiger partial charge on any atom is 0.326 e. The van der Waals surface area contributed by atoms with Crippen molar-refractivity contribution >= 4 is 40.3 Å². The highest BCUT2D eigenvalue weighted by Gasteiger charge is 2.34. The lowest BCUT2D eigenvalue weighted by atomic mass is 9.88. The number of aryl methyl sites for hydroxylation is 2. The number of piperidine rings is 1. The minimum atomic E-state index is -0.676. The van der Waals surface area contributed by atoms with E-state index in [1.165, 1.54) is 6.20 Å². The minimum Gasteiger partial charge on any atom is -0.491 e. The van der Waals surface area contributed by atoms with Crippen LogP contribution in [0.3, 0.4) is 0 Å². The van der Waals surface area contributed by atoms with Crippen LogP contribution < -0.4 is 26.0 Å². The summed E-state index contributed by atoms with van der Waals surface area (Å²) >= 11 is 0. The predicted octanol–water partition coefficient (Wildman–Crippen LogP) is 3.51. The Balaban J connectivity index is 1.65. The van der Waals surface area contributed by atoms with Gasteiger partial charge in [0.05, 0.1) is 28.4 Å². The van der Waals surface area contributed by atoms with Gasteiger partial charge in [0.2, 0.25) is 5.91 Å².